The fraction of sp³-hybridized carbons (Fsp3) is 0.333. The minimum atomic E-state index is -3.46. The molecule has 1 unspecified atom stereocenters. The summed E-state index contributed by atoms with van der Waals surface area (Å²) < 4.78 is 10.1. The van der Waals surface area contributed by atoms with E-state index in [1.54, 1.807) is 0 Å². The van der Waals surface area contributed by atoms with Crippen LogP contribution >= 0.6 is 18.0 Å². The fourth-order valence-electron chi connectivity index (χ4n) is 0. The van der Waals surface area contributed by atoms with E-state index in [4.69, 9.17) is 16.1 Å². The van der Waals surface area contributed by atoms with Gasteiger partial charge in [0.15, 0.2) is 0 Å². The van der Waals surface area contributed by atoms with Gasteiger partial charge in [-0.2, -0.15) is 0 Å². The Balaban J connectivity index is 4.09. The average molecular weight is 141 g/mol. The van der Waals surface area contributed by atoms with E-state index in [9.17, 15) is 4.57 Å². The van der Waals surface area contributed by atoms with Crippen LogP contribution in [0.15, 0.2) is 11.9 Å². The van der Waals surface area contributed by atoms with E-state index in [-0.39, 0.29) is 5.31 Å². The molecule has 0 saturated carbocycles. The van der Waals surface area contributed by atoms with Crippen molar-refractivity contribution in [3.63, 3.8) is 0 Å². The zero-order valence-corrected chi connectivity index (χ0v) is 5.54. The molecule has 0 bridgehead atoms. The van der Waals surface area contributed by atoms with Gasteiger partial charge in [0.05, 0.1) is 0 Å². The van der Waals surface area contributed by atoms with E-state index in [1.807, 2.05) is 0 Å². The zero-order valence-electron chi connectivity index (χ0n) is 3.89. The van der Waals surface area contributed by atoms with Gasteiger partial charge in [-0.1, -0.05) is 6.58 Å². The number of hydrogen-bond donors (Lipinski definition) is 1. The first kappa shape index (κ1) is 7.22. The predicted molar refractivity (Wildman–Crippen MR) is 30.5 cm³/mol. The first-order valence-electron chi connectivity index (χ1n) is 1.63. The van der Waals surface area contributed by atoms with E-state index in [0.29, 0.717) is 0 Å². The molecule has 0 saturated heterocycles. The molecule has 0 aromatic rings. The van der Waals surface area contributed by atoms with Crippen LogP contribution in [0.25, 0.3) is 0 Å². The maximum absolute atomic E-state index is 10.1. The van der Waals surface area contributed by atoms with Crippen LogP contribution in [-0.2, 0) is 4.57 Å². The van der Waals surface area contributed by atoms with Crippen molar-refractivity contribution in [1.82, 2.24) is 0 Å². The molecule has 42 valence electrons. The van der Waals surface area contributed by atoms with Crippen molar-refractivity contribution in [2.45, 2.75) is 6.92 Å². The molecule has 0 heterocycles. The lowest BCUT2D eigenvalue weighted by Gasteiger charge is -1.96. The van der Waals surface area contributed by atoms with Crippen LogP contribution in [0, 0.1) is 0 Å². The predicted octanol–water partition coefficient (Wildman–Crippen LogP) is 1.94. The average Bonchev–Trinajstić information content (AvgIpc) is 1.31. The van der Waals surface area contributed by atoms with E-state index in [0.717, 1.165) is 0 Å². The highest BCUT2D eigenvalue weighted by Crippen LogP contribution is 2.53. The van der Waals surface area contributed by atoms with Gasteiger partial charge < -0.3 is 4.89 Å². The highest BCUT2D eigenvalue weighted by atomic mass is 35.7. The van der Waals surface area contributed by atoms with Crippen LogP contribution in [0.2, 0.25) is 0 Å². The Morgan fingerprint density at radius 3 is 2.14 bits per heavy atom. The lowest BCUT2D eigenvalue weighted by Crippen LogP contribution is -1.65. The van der Waals surface area contributed by atoms with Crippen LogP contribution in [0.5, 0.6) is 0 Å². The van der Waals surface area contributed by atoms with Crippen molar-refractivity contribution in [2.75, 3.05) is 0 Å². The Hall–Kier alpha value is 0.220. The lowest BCUT2D eigenvalue weighted by molar-refractivity contribution is 0.503. The maximum Gasteiger partial charge on any atom is 0.312 e. The third-order valence-corrected chi connectivity index (χ3v) is 2.28. The Kier molecular flexibility index (Phi) is 2.06. The van der Waals surface area contributed by atoms with E-state index in [1.165, 1.54) is 6.92 Å². The summed E-state index contributed by atoms with van der Waals surface area (Å²) in [6, 6.07) is 0. The van der Waals surface area contributed by atoms with Crippen molar-refractivity contribution in [3.8, 4) is 0 Å². The molecule has 1 atom stereocenters. The summed E-state index contributed by atoms with van der Waals surface area (Å²) in [5, 5.41) is 0.120. The van der Waals surface area contributed by atoms with Gasteiger partial charge in [0.1, 0.15) is 0 Å². The Morgan fingerprint density at radius 1 is 2.00 bits per heavy atom. The first-order chi connectivity index (χ1) is 2.94. The highest BCUT2D eigenvalue weighted by Gasteiger charge is 2.12. The van der Waals surface area contributed by atoms with Crippen LogP contribution in [-0.4, -0.2) is 4.89 Å². The normalized spacial score (nSPS) is 18.1. The SMILES string of the molecule is C=C(C)P(=O)(O)Cl. The Bertz CT molecular complexity index is 125. The second-order valence-corrected chi connectivity index (χ2v) is 4.38. The van der Waals surface area contributed by atoms with Gasteiger partial charge in [-0.05, 0) is 18.2 Å². The number of halogens is 1. The van der Waals surface area contributed by atoms with Crippen molar-refractivity contribution < 1.29 is 9.46 Å². The number of allylic oxidation sites excluding steroid dienone is 1. The monoisotopic (exact) mass is 140 g/mol. The first-order valence-corrected chi connectivity index (χ1v) is 4.19. The second-order valence-electron chi connectivity index (χ2n) is 1.24. The lowest BCUT2D eigenvalue weighted by atomic mass is 10.8. The summed E-state index contributed by atoms with van der Waals surface area (Å²) in [7, 11) is 0. The van der Waals surface area contributed by atoms with Gasteiger partial charge >= 0.3 is 6.72 Å². The molecule has 0 aromatic heterocycles. The van der Waals surface area contributed by atoms with Crippen molar-refractivity contribution in [2.24, 2.45) is 0 Å². The van der Waals surface area contributed by atoms with Crippen molar-refractivity contribution in [1.29, 1.82) is 0 Å². The van der Waals surface area contributed by atoms with Crippen LogP contribution in [0.4, 0.5) is 0 Å². The van der Waals surface area contributed by atoms with Crippen LogP contribution in [0.1, 0.15) is 6.92 Å². The molecule has 0 aliphatic heterocycles. The molecule has 0 aromatic carbocycles. The summed E-state index contributed by atoms with van der Waals surface area (Å²) in [5.41, 5.74) is 0. The smallest absolute Gasteiger partial charge is 0.312 e. The molecular weight excluding hydrogens is 134 g/mol. The third-order valence-electron chi connectivity index (χ3n) is 0.471. The summed E-state index contributed by atoms with van der Waals surface area (Å²) in [4.78, 5) is 8.32. The number of hydrogen-bond acceptors (Lipinski definition) is 1. The molecule has 2 nitrogen and oxygen atoms in total. The summed E-state index contributed by atoms with van der Waals surface area (Å²) in [6.45, 7) is 1.13. The minimum Gasteiger partial charge on any atom is -0.330 e. The second kappa shape index (κ2) is 1.99. The largest absolute Gasteiger partial charge is 0.330 e. The standard InChI is InChI=1S/C3H6ClO2P/c1-3(2)7(4,5)6/h1H2,2H3,(H,5,6). The molecule has 1 N–H and O–H groups in total. The van der Waals surface area contributed by atoms with Gasteiger partial charge in [-0.3, -0.25) is 4.57 Å². The maximum atomic E-state index is 10.1. The molecule has 4 heteroatoms. The third kappa shape index (κ3) is 2.86. The van der Waals surface area contributed by atoms with Gasteiger partial charge in [-0.25, -0.2) is 0 Å². The molecule has 0 fully saturated rings. The summed E-state index contributed by atoms with van der Waals surface area (Å²) in [6.07, 6.45) is 0. The molecule has 7 heavy (non-hydrogen) atoms. The molecule has 0 aliphatic rings. The zero-order chi connectivity index (χ0) is 6.08. The fourth-order valence-corrected chi connectivity index (χ4v) is 0. The van der Waals surface area contributed by atoms with Gasteiger partial charge in [0.25, 0.3) is 0 Å². The molecule has 0 rings (SSSR count). The minimum absolute atomic E-state index is 0.120. The molecule has 0 amide bonds. The van der Waals surface area contributed by atoms with Crippen LogP contribution < -0.4 is 0 Å². The topological polar surface area (TPSA) is 37.3 Å². The summed E-state index contributed by atoms with van der Waals surface area (Å²) in [5.74, 6) is 0. The number of rotatable bonds is 1. The van der Waals surface area contributed by atoms with E-state index < -0.39 is 6.72 Å². The van der Waals surface area contributed by atoms with E-state index in [2.05, 4.69) is 6.58 Å². The quantitative estimate of drug-likeness (QED) is 0.565. The van der Waals surface area contributed by atoms with E-state index >= 15 is 0 Å². The molecule has 0 spiro atoms. The summed E-state index contributed by atoms with van der Waals surface area (Å²) >= 11 is 4.88. The van der Waals surface area contributed by atoms with Gasteiger partial charge in [0.2, 0.25) is 0 Å². The molecule has 0 aliphatic carbocycles. The molecular formula is C3H6ClO2P. The highest BCUT2D eigenvalue weighted by molar-refractivity contribution is 7.87. The molecule has 0 radical (unpaired) electrons. The van der Waals surface area contributed by atoms with Crippen molar-refractivity contribution >= 4 is 18.0 Å². The van der Waals surface area contributed by atoms with Gasteiger partial charge in [-0.15, -0.1) is 0 Å². The van der Waals surface area contributed by atoms with Gasteiger partial charge in [0, 0.05) is 5.31 Å². The Morgan fingerprint density at radius 2 is 2.14 bits per heavy atom. The van der Waals surface area contributed by atoms with Crippen LogP contribution in [0.3, 0.4) is 0 Å². The van der Waals surface area contributed by atoms with Crippen molar-refractivity contribution in [3.05, 3.63) is 11.9 Å². The Labute approximate surface area is 47.0 Å².